The molecule has 13 nitrogen and oxygen atoms in total. The molecule has 0 radical (unpaired) electrons. The predicted molar refractivity (Wildman–Crippen MR) is 123 cm³/mol. The van der Waals surface area contributed by atoms with Crippen LogP contribution in [0, 0.1) is 5.92 Å². The third kappa shape index (κ3) is 7.55. The van der Waals surface area contributed by atoms with Crippen LogP contribution in [-0.2, 0) is 52.2 Å². The molecule has 2 fully saturated rings. The Morgan fingerprint density at radius 3 is 1.86 bits per heavy atom. The first-order chi connectivity index (χ1) is 17.3. The molecule has 0 aromatic carbocycles. The normalized spacial score (nSPS) is 37.0. The minimum absolute atomic E-state index is 0.128. The van der Waals surface area contributed by atoms with E-state index in [2.05, 4.69) is 5.32 Å². The van der Waals surface area contributed by atoms with Gasteiger partial charge in [-0.25, -0.2) is 0 Å². The number of carbonyl (C=O) groups is 2. The lowest BCUT2D eigenvalue weighted by atomic mass is 9.89. The summed E-state index contributed by atoms with van der Waals surface area (Å²) in [6.07, 6.45) is -5.99. The highest BCUT2D eigenvalue weighted by Gasteiger charge is 2.52. The maximum Gasteiger partial charge on any atom is 0.303 e. The van der Waals surface area contributed by atoms with Crippen LogP contribution in [0.3, 0.4) is 0 Å². The van der Waals surface area contributed by atoms with Gasteiger partial charge in [-0.2, -0.15) is 0 Å². The second-order valence-corrected chi connectivity index (χ2v) is 8.74. The molecule has 2 N–H and O–H groups in total. The molecule has 1 amide bonds. The molecule has 13 heteroatoms. The van der Waals surface area contributed by atoms with E-state index in [-0.39, 0.29) is 37.8 Å². The minimum Gasteiger partial charge on any atom is -0.481 e. The first-order valence-electron chi connectivity index (χ1n) is 11.8. The molecule has 0 bridgehead atoms. The summed E-state index contributed by atoms with van der Waals surface area (Å²) < 4.78 is 52.4. The van der Waals surface area contributed by atoms with Crippen molar-refractivity contribution in [3.05, 3.63) is 0 Å². The molecule has 2 saturated heterocycles. The summed E-state index contributed by atoms with van der Waals surface area (Å²) in [5.41, 5.74) is 0. The molecule has 0 spiro atoms. The molecule has 0 saturated carbocycles. The molecule has 210 valence electrons. The van der Waals surface area contributed by atoms with Crippen molar-refractivity contribution in [1.29, 1.82) is 0 Å². The summed E-state index contributed by atoms with van der Waals surface area (Å²) in [5, 5.41) is 11.5. The van der Waals surface area contributed by atoms with E-state index in [1.54, 1.807) is 21.3 Å². The number of carboxylic acids is 1. The number of rotatable bonds is 14. The number of carbonyl (C=O) groups excluding carboxylic acids is 1. The summed E-state index contributed by atoms with van der Waals surface area (Å²) in [7, 11) is 9.23. The predicted octanol–water partition coefficient (Wildman–Crippen LogP) is -0.209. The molecular formula is C23H41NO12. The highest BCUT2D eigenvalue weighted by atomic mass is 16.8. The van der Waals surface area contributed by atoms with E-state index in [1.807, 2.05) is 6.92 Å². The fraction of sp³-hybridized carbons (Fsp3) is 0.913. The highest BCUT2D eigenvalue weighted by molar-refractivity contribution is 5.80. The Bertz CT molecular complexity index is 681. The molecular weight excluding hydrogens is 482 g/mol. The van der Waals surface area contributed by atoms with Crippen molar-refractivity contribution in [3.63, 3.8) is 0 Å². The zero-order valence-electron chi connectivity index (χ0n) is 22.0. The zero-order chi connectivity index (χ0) is 26.8. The van der Waals surface area contributed by atoms with Crippen LogP contribution in [0.5, 0.6) is 0 Å². The molecule has 10 atom stereocenters. The Balaban J connectivity index is 2.24. The molecule has 0 aliphatic carbocycles. The van der Waals surface area contributed by atoms with E-state index in [4.69, 9.17) is 47.7 Å². The minimum atomic E-state index is -1.04. The second-order valence-electron chi connectivity index (χ2n) is 8.74. The van der Waals surface area contributed by atoms with Gasteiger partial charge >= 0.3 is 5.97 Å². The molecule has 36 heavy (non-hydrogen) atoms. The molecule has 0 aromatic rings. The van der Waals surface area contributed by atoms with Gasteiger partial charge in [0.05, 0.1) is 25.2 Å². The number of nitrogens with one attached hydrogen (secondary N) is 1. The maximum atomic E-state index is 12.1. The van der Waals surface area contributed by atoms with Gasteiger partial charge in [0.2, 0.25) is 5.91 Å². The molecule has 2 aliphatic rings. The Morgan fingerprint density at radius 2 is 1.33 bits per heavy atom. The van der Waals surface area contributed by atoms with Gasteiger partial charge in [0, 0.05) is 61.5 Å². The van der Waals surface area contributed by atoms with Crippen LogP contribution in [0.25, 0.3) is 0 Å². The van der Waals surface area contributed by atoms with Crippen LogP contribution in [-0.4, -0.2) is 128 Å². The maximum absolute atomic E-state index is 12.1. The molecule has 2 aliphatic heterocycles. The smallest absolute Gasteiger partial charge is 0.303 e. The van der Waals surface area contributed by atoms with Crippen molar-refractivity contribution in [3.8, 4) is 0 Å². The van der Waals surface area contributed by atoms with E-state index >= 15 is 0 Å². The lowest BCUT2D eigenvalue weighted by molar-refractivity contribution is -0.358. The van der Waals surface area contributed by atoms with Gasteiger partial charge in [0.25, 0.3) is 0 Å². The third-order valence-electron chi connectivity index (χ3n) is 6.61. The van der Waals surface area contributed by atoms with E-state index in [1.165, 1.54) is 21.3 Å². The highest BCUT2D eigenvalue weighted by Crippen LogP contribution is 2.34. The Morgan fingerprint density at radius 1 is 0.750 bits per heavy atom. The van der Waals surface area contributed by atoms with Gasteiger partial charge < -0.3 is 53.1 Å². The Labute approximate surface area is 211 Å². The number of carboxylic acid groups (broad SMARTS) is 1. The first-order valence-corrected chi connectivity index (χ1v) is 11.8. The largest absolute Gasteiger partial charge is 0.481 e. The van der Waals surface area contributed by atoms with Crippen LogP contribution >= 0.6 is 0 Å². The lowest BCUT2D eigenvalue weighted by Gasteiger charge is -2.49. The van der Waals surface area contributed by atoms with Crippen molar-refractivity contribution >= 4 is 11.9 Å². The van der Waals surface area contributed by atoms with Crippen molar-refractivity contribution in [2.75, 3.05) is 55.8 Å². The number of aliphatic carboxylic acids is 1. The van der Waals surface area contributed by atoms with Gasteiger partial charge in [-0.05, 0) is 0 Å². The molecule has 4 unspecified atom stereocenters. The first kappa shape index (κ1) is 30.8. The van der Waals surface area contributed by atoms with E-state index < -0.39 is 61.3 Å². The van der Waals surface area contributed by atoms with Gasteiger partial charge in [-0.15, -0.1) is 0 Å². The number of ether oxygens (including phenoxy) is 9. The number of hydrogen-bond acceptors (Lipinski definition) is 11. The zero-order valence-corrected chi connectivity index (χ0v) is 22.0. The average molecular weight is 524 g/mol. The van der Waals surface area contributed by atoms with E-state index in [9.17, 15) is 9.59 Å². The topological polar surface area (TPSA) is 149 Å². The quantitative estimate of drug-likeness (QED) is 0.310. The summed E-state index contributed by atoms with van der Waals surface area (Å²) in [6.45, 7) is 2.25. The van der Waals surface area contributed by atoms with Crippen molar-refractivity contribution in [1.82, 2.24) is 5.32 Å². The monoisotopic (exact) mass is 523 g/mol. The SMILES string of the molecule is COCC1O[C@H](OC)C(OC)[C@@H](OC)[C@@H]1O[C@H]1OC(CNC(=O)CCC(=O)O)[C@@H](C)[C@H](OC)C1OC. The van der Waals surface area contributed by atoms with Gasteiger partial charge in [-0.3, -0.25) is 9.59 Å². The number of methoxy groups -OCH3 is 6. The van der Waals surface area contributed by atoms with Crippen LogP contribution in [0.4, 0.5) is 0 Å². The Hall–Kier alpha value is -1.42. The standard InChI is InChI=1S/C23H41NO12/c1-12-13(10-24-15(25)8-9-16(26)27)34-23(20(31-5)17(12)29-3)36-18-14(11-28-2)35-22(33-7)21(32-6)19(18)30-4/h12-14,17-23H,8-11H2,1-7H3,(H,24,25)(H,26,27)/t12-,13?,14?,17+,18-,19+,20?,21?,22+,23-/m1/s1. The molecule has 0 aromatic heterocycles. The van der Waals surface area contributed by atoms with Gasteiger partial charge in [-0.1, -0.05) is 6.92 Å². The molecule has 2 rings (SSSR count). The number of hydrogen-bond donors (Lipinski definition) is 2. The average Bonchev–Trinajstić information content (AvgIpc) is 2.87. The van der Waals surface area contributed by atoms with E-state index in [0.717, 1.165) is 0 Å². The van der Waals surface area contributed by atoms with Crippen LogP contribution < -0.4 is 5.32 Å². The van der Waals surface area contributed by atoms with Gasteiger partial charge in [0.15, 0.2) is 12.6 Å². The van der Waals surface area contributed by atoms with Crippen LogP contribution in [0.15, 0.2) is 0 Å². The summed E-state index contributed by atoms with van der Waals surface area (Å²) in [6, 6.07) is 0. The summed E-state index contributed by atoms with van der Waals surface area (Å²) in [5.74, 6) is -1.61. The lowest BCUT2D eigenvalue weighted by Crippen LogP contribution is -2.65. The summed E-state index contributed by atoms with van der Waals surface area (Å²) >= 11 is 0. The van der Waals surface area contributed by atoms with Crippen molar-refractivity contribution in [2.45, 2.75) is 75.1 Å². The summed E-state index contributed by atoms with van der Waals surface area (Å²) in [4.78, 5) is 22.9. The van der Waals surface area contributed by atoms with Crippen LogP contribution in [0.2, 0.25) is 0 Å². The third-order valence-corrected chi connectivity index (χ3v) is 6.61. The van der Waals surface area contributed by atoms with Crippen molar-refractivity contribution < 1.29 is 57.3 Å². The Kier molecular flexibility index (Phi) is 12.9. The molecule has 2 heterocycles. The second kappa shape index (κ2) is 15.1. The fourth-order valence-corrected chi connectivity index (χ4v) is 4.70. The van der Waals surface area contributed by atoms with Gasteiger partial charge in [0.1, 0.15) is 30.5 Å². The van der Waals surface area contributed by atoms with Crippen molar-refractivity contribution in [2.24, 2.45) is 5.92 Å². The number of amides is 1. The van der Waals surface area contributed by atoms with E-state index in [0.29, 0.717) is 0 Å². The van der Waals surface area contributed by atoms with Crippen LogP contribution in [0.1, 0.15) is 19.8 Å². The fourth-order valence-electron chi connectivity index (χ4n) is 4.70.